The van der Waals surface area contributed by atoms with Crippen LogP contribution in [0.4, 0.5) is 0 Å². The van der Waals surface area contributed by atoms with Crippen LogP contribution in [0.3, 0.4) is 0 Å². The fourth-order valence-electron chi connectivity index (χ4n) is 2.97. The van der Waals surface area contributed by atoms with Crippen molar-refractivity contribution in [3.8, 4) is 10.8 Å². The Labute approximate surface area is 150 Å². The molecule has 2 aromatic heterocycles. The number of nitrogens with two attached hydrogens (primary N) is 1. The van der Waals surface area contributed by atoms with Gasteiger partial charge in [-0.1, -0.05) is 0 Å². The summed E-state index contributed by atoms with van der Waals surface area (Å²) in [7, 11) is 0. The van der Waals surface area contributed by atoms with Crippen molar-refractivity contribution in [3.63, 3.8) is 0 Å². The van der Waals surface area contributed by atoms with Crippen LogP contribution in [0, 0.1) is 12.8 Å². The Morgan fingerprint density at radius 2 is 2.36 bits per heavy atom. The SMILES string of the molecule is Cc1sc(-c2ccco2)nc1C(=O)N1CCCC(C(=O)NCCN)C1. The van der Waals surface area contributed by atoms with Gasteiger partial charge >= 0.3 is 0 Å². The van der Waals surface area contributed by atoms with Gasteiger partial charge in [0.2, 0.25) is 5.91 Å². The molecule has 3 rings (SSSR count). The van der Waals surface area contributed by atoms with Crippen LogP contribution < -0.4 is 11.1 Å². The molecule has 0 bridgehead atoms. The van der Waals surface area contributed by atoms with Gasteiger partial charge in [0.1, 0.15) is 5.69 Å². The minimum absolute atomic E-state index is 0.0331. The van der Waals surface area contributed by atoms with Crippen LogP contribution in [0.5, 0.6) is 0 Å². The van der Waals surface area contributed by atoms with E-state index < -0.39 is 0 Å². The predicted molar refractivity (Wildman–Crippen MR) is 95.2 cm³/mol. The quantitative estimate of drug-likeness (QED) is 0.842. The number of hydrogen-bond acceptors (Lipinski definition) is 6. The fraction of sp³-hybridized carbons (Fsp3) is 0.471. The second-order valence-electron chi connectivity index (χ2n) is 6.07. The molecule has 1 aliphatic heterocycles. The van der Waals surface area contributed by atoms with Crippen LogP contribution >= 0.6 is 11.3 Å². The van der Waals surface area contributed by atoms with E-state index >= 15 is 0 Å². The first kappa shape index (κ1) is 17.6. The Bertz CT molecular complexity index is 741. The smallest absolute Gasteiger partial charge is 0.273 e. The number of carbonyl (C=O) groups excluding carboxylic acids is 2. The summed E-state index contributed by atoms with van der Waals surface area (Å²) in [6, 6.07) is 3.62. The number of likely N-dealkylation sites (tertiary alicyclic amines) is 1. The standard InChI is InChI=1S/C17H22N4O3S/c1-11-14(20-16(25-11)13-5-3-9-24-13)17(23)21-8-2-4-12(10-21)15(22)19-7-6-18/h3,5,9,12H,2,4,6-8,10,18H2,1H3,(H,19,22). The molecule has 1 fully saturated rings. The first-order valence-electron chi connectivity index (χ1n) is 8.38. The molecule has 1 unspecified atom stereocenters. The van der Waals surface area contributed by atoms with Crippen LogP contribution in [0.15, 0.2) is 22.8 Å². The molecular weight excluding hydrogens is 340 g/mol. The minimum Gasteiger partial charge on any atom is -0.462 e. The van der Waals surface area contributed by atoms with Crippen molar-refractivity contribution in [1.82, 2.24) is 15.2 Å². The predicted octanol–water partition coefficient (Wildman–Crippen LogP) is 1.64. The zero-order valence-corrected chi connectivity index (χ0v) is 15.0. The molecule has 0 aliphatic carbocycles. The number of carbonyl (C=O) groups is 2. The molecule has 3 heterocycles. The van der Waals surface area contributed by atoms with Gasteiger partial charge in [0, 0.05) is 31.1 Å². The van der Waals surface area contributed by atoms with Crippen LogP contribution in [-0.4, -0.2) is 47.9 Å². The molecule has 25 heavy (non-hydrogen) atoms. The Balaban J connectivity index is 1.71. The monoisotopic (exact) mass is 362 g/mol. The highest BCUT2D eigenvalue weighted by Gasteiger charge is 2.30. The van der Waals surface area contributed by atoms with Gasteiger partial charge in [-0.25, -0.2) is 4.98 Å². The van der Waals surface area contributed by atoms with Crippen molar-refractivity contribution in [2.75, 3.05) is 26.2 Å². The van der Waals surface area contributed by atoms with E-state index in [1.54, 1.807) is 17.2 Å². The number of aromatic nitrogens is 1. The van der Waals surface area contributed by atoms with Crippen molar-refractivity contribution in [1.29, 1.82) is 0 Å². The summed E-state index contributed by atoms with van der Waals surface area (Å²) in [5, 5.41) is 3.50. The second kappa shape index (κ2) is 7.79. The van der Waals surface area contributed by atoms with Gasteiger partial charge in [-0.3, -0.25) is 9.59 Å². The van der Waals surface area contributed by atoms with E-state index in [4.69, 9.17) is 10.2 Å². The summed E-state index contributed by atoms with van der Waals surface area (Å²) in [4.78, 5) is 32.1. The van der Waals surface area contributed by atoms with Gasteiger partial charge in [-0.2, -0.15) is 0 Å². The molecule has 3 N–H and O–H groups in total. The Morgan fingerprint density at radius 3 is 3.08 bits per heavy atom. The van der Waals surface area contributed by atoms with Crippen molar-refractivity contribution < 1.29 is 14.0 Å². The maximum atomic E-state index is 12.9. The van der Waals surface area contributed by atoms with Crippen LogP contribution in [0.25, 0.3) is 10.8 Å². The third kappa shape index (κ3) is 3.91. The lowest BCUT2D eigenvalue weighted by Crippen LogP contribution is -2.46. The van der Waals surface area contributed by atoms with Gasteiger partial charge in [-0.15, -0.1) is 11.3 Å². The highest BCUT2D eigenvalue weighted by atomic mass is 32.1. The summed E-state index contributed by atoms with van der Waals surface area (Å²) >= 11 is 1.44. The Kier molecular flexibility index (Phi) is 5.50. The number of hydrogen-bond donors (Lipinski definition) is 2. The summed E-state index contributed by atoms with van der Waals surface area (Å²) in [6.07, 6.45) is 3.18. The maximum absolute atomic E-state index is 12.9. The Hall–Kier alpha value is -2.19. The topological polar surface area (TPSA) is 101 Å². The Morgan fingerprint density at radius 1 is 1.52 bits per heavy atom. The van der Waals surface area contributed by atoms with E-state index in [0.717, 1.165) is 17.7 Å². The van der Waals surface area contributed by atoms with E-state index in [2.05, 4.69) is 10.3 Å². The number of amides is 2. The zero-order valence-electron chi connectivity index (χ0n) is 14.2. The molecule has 7 nitrogen and oxygen atoms in total. The van der Waals surface area contributed by atoms with Gasteiger partial charge in [0.15, 0.2) is 10.8 Å². The molecule has 0 radical (unpaired) electrons. The number of furan rings is 1. The molecule has 2 amide bonds. The highest BCUT2D eigenvalue weighted by Crippen LogP contribution is 2.29. The van der Waals surface area contributed by atoms with E-state index in [1.807, 2.05) is 13.0 Å². The van der Waals surface area contributed by atoms with Crippen molar-refractivity contribution in [2.45, 2.75) is 19.8 Å². The van der Waals surface area contributed by atoms with E-state index in [-0.39, 0.29) is 17.7 Å². The average molecular weight is 362 g/mol. The molecule has 8 heteroatoms. The van der Waals surface area contributed by atoms with Crippen molar-refractivity contribution >= 4 is 23.2 Å². The van der Waals surface area contributed by atoms with Crippen LogP contribution in [0.1, 0.15) is 28.2 Å². The lowest BCUT2D eigenvalue weighted by molar-refractivity contribution is -0.126. The number of nitrogens with one attached hydrogen (secondary N) is 1. The third-order valence-corrected chi connectivity index (χ3v) is 5.24. The van der Waals surface area contributed by atoms with Crippen LogP contribution in [-0.2, 0) is 4.79 Å². The number of nitrogens with zero attached hydrogens (tertiary/aromatic N) is 2. The number of piperidine rings is 1. The normalized spacial score (nSPS) is 17.5. The summed E-state index contributed by atoms with van der Waals surface area (Å²) < 4.78 is 5.36. The largest absolute Gasteiger partial charge is 0.462 e. The average Bonchev–Trinajstić information content (AvgIpc) is 3.28. The van der Waals surface area contributed by atoms with Crippen LogP contribution in [0.2, 0.25) is 0 Å². The fourth-order valence-corrected chi connectivity index (χ4v) is 3.84. The molecule has 134 valence electrons. The lowest BCUT2D eigenvalue weighted by Gasteiger charge is -2.31. The highest BCUT2D eigenvalue weighted by molar-refractivity contribution is 7.15. The number of rotatable bonds is 5. The molecule has 0 spiro atoms. The molecule has 1 atom stereocenters. The van der Waals surface area contributed by atoms with Gasteiger partial charge in [-0.05, 0) is 31.9 Å². The van der Waals surface area contributed by atoms with Gasteiger partial charge in [0.25, 0.3) is 5.91 Å². The summed E-state index contributed by atoms with van der Waals surface area (Å²) in [5.74, 6) is 0.315. The molecule has 0 saturated carbocycles. The first-order valence-corrected chi connectivity index (χ1v) is 9.20. The van der Waals surface area contributed by atoms with Gasteiger partial charge in [0.05, 0.1) is 12.2 Å². The molecular formula is C17H22N4O3S. The van der Waals surface area contributed by atoms with E-state index in [0.29, 0.717) is 42.6 Å². The second-order valence-corrected chi connectivity index (χ2v) is 7.27. The molecule has 1 aliphatic rings. The summed E-state index contributed by atoms with van der Waals surface area (Å²) in [5.41, 5.74) is 5.87. The third-order valence-electron chi connectivity index (χ3n) is 4.25. The van der Waals surface area contributed by atoms with Crippen molar-refractivity contribution in [3.05, 3.63) is 29.0 Å². The molecule has 1 saturated heterocycles. The van der Waals surface area contributed by atoms with E-state index in [9.17, 15) is 9.59 Å². The van der Waals surface area contributed by atoms with E-state index in [1.165, 1.54) is 11.3 Å². The zero-order chi connectivity index (χ0) is 17.8. The first-order chi connectivity index (χ1) is 12.1. The van der Waals surface area contributed by atoms with Crippen molar-refractivity contribution in [2.24, 2.45) is 11.7 Å². The minimum atomic E-state index is -0.187. The number of aryl methyl sites for hydroxylation is 1. The maximum Gasteiger partial charge on any atom is 0.273 e. The molecule has 0 aromatic carbocycles. The van der Waals surface area contributed by atoms with Gasteiger partial charge < -0.3 is 20.4 Å². The molecule has 2 aromatic rings. The lowest BCUT2D eigenvalue weighted by atomic mass is 9.97. The number of thiazole rings is 1. The summed E-state index contributed by atoms with van der Waals surface area (Å²) in [6.45, 7) is 3.82.